The molecule has 2 heterocycles. The van der Waals surface area contributed by atoms with E-state index < -0.39 is 5.60 Å². The monoisotopic (exact) mass is 291 g/mol. The molecular weight excluding hydrogens is 274 g/mol. The summed E-state index contributed by atoms with van der Waals surface area (Å²) in [6.07, 6.45) is 2.99. The van der Waals surface area contributed by atoms with Crippen LogP contribution < -0.4 is 5.32 Å². The van der Waals surface area contributed by atoms with Crippen molar-refractivity contribution in [2.75, 3.05) is 6.54 Å². The first-order chi connectivity index (χ1) is 9.47. The van der Waals surface area contributed by atoms with Gasteiger partial charge in [-0.15, -0.1) is 11.3 Å². The standard InChI is InChI=1S/C15H17NO3S/c1-11-5-6-12(19-11)7-8-14(17)16-10-15(2,18)13-4-3-9-20-13/h3-9,18H,10H2,1-2H3,(H,16,17)/b8-7+/t15-/m1/s1. The summed E-state index contributed by atoms with van der Waals surface area (Å²) >= 11 is 1.46. The zero-order valence-corrected chi connectivity index (χ0v) is 12.2. The van der Waals surface area contributed by atoms with Gasteiger partial charge in [-0.2, -0.15) is 0 Å². The van der Waals surface area contributed by atoms with Gasteiger partial charge >= 0.3 is 0 Å². The fourth-order valence-corrected chi connectivity index (χ4v) is 2.48. The maximum atomic E-state index is 11.7. The smallest absolute Gasteiger partial charge is 0.244 e. The molecule has 0 aliphatic carbocycles. The van der Waals surface area contributed by atoms with E-state index in [2.05, 4.69) is 5.32 Å². The van der Waals surface area contributed by atoms with Crippen LogP contribution in [0.15, 0.2) is 40.1 Å². The maximum absolute atomic E-state index is 11.7. The minimum Gasteiger partial charge on any atom is -0.462 e. The Morgan fingerprint density at radius 3 is 2.90 bits per heavy atom. The number of amides is 1. The van der Waals surface area contributed by atoms with E-state index in [4.69, 9.17) is 4.42 Å². The van der Waals surface area contributed by atoms with Crippen molar-refractivity contribution in [2.24, 2.45) is 0 Å². The number of carbonyl (C=O) groups excluding carboxylic acids is 1. The van der Waals surface area contributed by atoms with Crippen molar-refractivity contribution in [1.82, 2.24) is 5.32 Å². The van der Waals surface area contributed by atoms with Gasteiger partial charge in [0.1, 0.15) is 17.1 Å². The van der Waals surface area contributed by atoms with Crippen LogP contribution in [0.4, 0.5) is 0 Å². The van der Waals surface area contributed by atoms with Crippen molar-refractivity contribution >= 4 is 23.3 Å². The SMILES string of the molecule is Cc1ccc(/C=C/C(=O)NC[C@@](C)(O)c2cccs2)o1. The highest BCUT2D eigenvalue weighted by atomic mass is 32.1. The third-order valence-electron chi connectivity index (χ3n) is 2.82. The van der Waals surface area contributed by atoms with Crippen molar-refractivity contribution in [2.45, 2.75) is 19.4 Å². The summed E-state index contributed by atoms with van der Waals surface area (Å²) in [5, 5.41) is 14.8. The fraction of sp³-hybridized carbons (Fsp3) is 0.267. The van der Waals surface area contributed by atoms with E-state index in [-0.39, 0.29) is 12.5 Å². The molecule has 5 heteroatoms. The van der Waals surface area contributed by atoms with Crippen molar-refractivity contribution in [3.8, 4) is 0 Å². The van der Waals surface area contributed by atoms with Gasteiger partial charge in [0.25, 0.3) is 0 Å². The summed E-state index contributed by atoms with van der Waals surface area (Å²) in [6, 6.07) is 7.34. The molecule has 0 radical (unpaired) electrons. The molecule has 2 rings (SSSR count). The number of aryl methyl sites for hydroxylation is 1. The Morgan fingerprint density at radius 2 is 2.30 bits per heavy atom. The first-order valence-corrected chi connectivity index (χ1v) is 7.14. The summed E-state index contributed by atoms with van der Waals surface area (Å²) < 4.78 is 5.32. The van der Waals surface area contributed by atoms with Crippen LogP contribution in [0.25, 0.3) is 6.08 Å². The molecule has 2 aromatic rings. The van der Waals surface area contributed by atoms with Crippen LogP contribution in [-0.2, 0) is 10.4 Å². The molecule has 2 aromatic heterocycles. The summed E-state index contributed by atoms with van der Waals surface area (Å²) in [4.78, 5) is 12.5. The van der Waals surface area contributed by atoms with Gasteiger partial charge in [-0.25, -0.2) is 0 Å². The first kappa shape index (κ1) is 14.6. The molecule has 0 saturated heterocycles. The lowest BCUT2D eigenvalue weighted by atomic mass is 10.1. The van der Waals surface area contributed by atoms with Crippen LogP contribution in [-0.4, -0.2) is 17.6 Å². The van der Waals surface area contributed by atoms with Gasteiger partial charge in [0.15, 0.2) is 0 Å². The Morgan fingerprint density at radius 1 is 1.50 bits per heavy atom. The topological polar surface area (TPSA) is 62.5 Å². The van der Waals surface area contributed by atoms with E-state index in [1.54, 1.807) is 19.1 Å². The van der Waals surface area contributed by atoms with Crippen LogP contribution in [0.5, 0.6) is 0 Å². The zero-order chi connectivity index (χ0) is 14.6. The largest absolute Gasteiger partial charge is 0.462 e. The van der Waals surface area contributed by atoms with Gasteiger partial charge in [-0.3, -0.25) is 4.79 Å². The Balaban J connectivity index is 1.88. The van der Waals surface area contributed by atoms with E-state index in [1.165, 1.54) is 17.4 Å². The van der Waals surface area contributed by atoms with Crippen molar-refractivity contribution in [3.05, 3.63) is 52.1 Å². The van der Waals surface area contributed by atoms with Crippen LogP contribution in [0.2, 0.25) is 0 Å². The van der Waals surface area contributed by atoms with Crippen molar-refractivity contribution in [3.63, 3.8) is 0 Å². The normalized spacial score (nSPS) is 14.3. The average molecular weight is 291 g/mol. The number of hydrogen-bond donors (Lipinski definition) is 2. The molecule has 0 aliphatic rings. The highest BCUT2D eigenvalue weighted by Gasteiger charge is 2.24. The van der Waals surface area contributed by atoms with Gasteiger partial charge in [-0.05, 0) is 43.5 Å². The van der Waals surface area contributed by atoms with Crippen molar-refractivity contribution in [1.29, 1.82) is 0 Å². The van der Waals surface area contributed by atoms with E-state index >= 15 is 0 Å². The third-order valence-corrected chi connectivity index (χ3v) is 3.94. The van der Waals surface area contributed by atoms with Gasteiger partial charge in [0, 0.05) is 11.0 Å². The first-order valence-electron chi connectivity index (χ1n) is 6.26. The van der Waals surface area contributed by atoms with E-state index in [1.807, 2.05) is 30.5 Å². The predicted octanol–water partition coefficient (Wildman–Crippen LogP) is 2.69. The number of aliphatic hydroxyl groups is 1. The molecule has 0 bridgehead atoms. The molecule has 0 fully saturated rings. The summed E-state index contributed by atoms with van der Waals surface area (Å²) in [7, 11) is 0. The highest BCUT2D eigenvalue weighted by Crippen LogP contribution is 2.24. The number of rotatable bonds is 5. The molecule has 0 aliphatic heterocycles. The molecule has 1 atom stereocenters. The van der Waals surface area contributed by atoms with Gasteiger partial charge in [-0.1, -0.05) is 6.07 Å². The molecule has 0 unspecified atom stereocenters. The lowest BCUT2D eigenvalue weighted by molar-refractivity contribution is -0.117. The maximum Gasteiger partial charge on any atom is 0.244 e. The highest BCUT2D eigenvalue weighted by molar-refractivity contribution is 7.10. The second-order valence-corrected chi connectivity index (χ2v) is 5.70. The van der Waals surface area contributed by atoms with Gasteiger partial charge in [0.05, 0.1) is 6.54 Å². The molecule has 1 amide bonds. The quantitative estimate of drug-likeness (QED) is 0.833. The van der Waals surface area contributed by atoms with E-state index in [0.29, 0.717) is 5.76 Å². The number of carbonyl (C=O) groups is 1. The lowest BCUT2D eigenvalue weighted by Crippen LogP contribution is -2.37. The Hall–Kier alpha value is -1.85. The summed E-state index contributed by atoms with van der Waals surface area (Å²) in [5.74, 6) is 1.16. The van der Waals surface area contributed by atoms with E-state index in [9.17, 15) is 9.90 Å². The van der Waals surface area contributed by atoms with Crippen LogP contribution in [0.3, 0.4) is 0 Å². The molecule has 0 saturated carbocycles. The Bertz CT molecular complexity index is 596. The number of hydrogen-bond acceptors (Lipinski definition) is 4. The van der Waals surface area contributed by atoms with Crippen LogP contribution in [0.1, 0.15) is 23.3 Å². The molecule has 4 nitrogen and oxygen atoms in total. The van der Waals surface area contributed by atoms with Gasteiger partial charge < -0.3 is 14.8 Å². The summed E-state index contributed by atoms with van der Waals surface area (Å²) in [5.41, 5.74) is -1.06. The average Bonchev–Trinajstić information content (AvgIpc) is 3.05. The molecule has 20 heavy (non-hydrogen) atoms. The molecule has 0 aromatic carbocycles. The zero-order valence-electron chi connectivity index (χ0n) is 11.4. The third kappa shape index (κ3) is 3.82. The number of thiophene rings is 1. The number of nitrogens with one attached hydrogen (secondary N) is 1. The fourth-order valence-electron chi connectivity index (χ4n) is 1.69. The minimum absolute atomic E-state index is 0.161. The second-order valence-electron chi connectivity index (χ2n) is 4.75. The van der Waals surface area contributed by atoms with Crippen molar-refractivity contribution < 1.29 is 14.3 Å². The predicted molar refractivity (Wildman–Crippen MR) is 79.4 cm³/mol. The van der Waals surface area contributed by atoms with Crippen LogP contribution >= 0.6 is 11.3 Å². The second kappa shape index (κ2) is 6.07. The molecule has 0 spiro atoms. The van der Waals surface area contributed by atoms with Gasteiger partial charge in [0.2, 0.25) is 5.91 Å². The molecular formula is C15H17NO3S. The minimum atomic E-state index is -1.06. The molecule has 106 valence electrons. The number of furan rings is 1. The lowest BCUT2D eigenvalue weighted by Gasteiger charge is -2.21. The Kier molecular flexibility index (Phi) is 4.42. The van der Waals surface area contributed by atoms with E-state index in [0.717, 1.165) is 10.6 Å². The Labute approximate surface area is 121 Å². The van der Waals surface area contributed by atoms with Crippen LogP contribution in [0, 0.1) is 6.92 Å². The molecule has 2 N–H and O–H groups in total. The summed E-state index contributed by atoms with van der Waals surface area (Å²) in [6.45, 7) is 3.68.